The van der Waals surface area contributed by atoms with E-state index in [9.17, 15) is 18.0 Å². The highest BCUT2D eigenvalue weighted by Gasteiger charge is 2.22. The number of carbonyl (C=O) groups excluding carboxylic acids is 2. The molecule has 7 nitrogen and oxygen atoms in total. The molecule has 0 aliphatic carbocycles. The van der Waals surface area contributed by atoms with E-state index in [0.29, 0.717) is 18.8 Å². The van der Waals surface area contributed by atoms with Gasteiger partial charge in [0.2, 0.25) is 15.9 Å². The topological polar surface area (TPSA) is 95.6 Å². The molecular formula is C21H27N3O4S. The van der Waals surface area contributed by atoms with E-state index >= 15 is 0 Å². The van der Waals surface area contributed by atoms with Gasteiger partial charge in [-0.15, -0.1) is 0 Å². The molecule has 0 aromatic heterocycles. The predicted molar refractivity (Wildman–Crippen MR) is 113 cm³/mol. The number of nitrogens with one attached hydrogen (secondary N) is 2. The summed E-state index contributed by atoms with van der Waals surface area (Å²) in [6, 6.07) is 11.4. The summed E-state index contributed by atoms with van der Waals surface area (Å²) in [5.41, 5.74) is 2.88. The number of aryl methyl sites for hydroxylation is 1. The number of nitrogens with zero attached hydrogens (tertiary/aromatic N) is 1. The fourth-order valence-electron chi connectivity index (χ4n) is 2.85. The summed E-state index contributed by atoms with van der Waals surface area (Å²) in [6.07, 6.45) is 0. The first-order chi connectivity index (χ1) is 13.7. The van der Waals surface area contributed by atoms with Gasteiger partial charge in [0, 0.05) is 24.3 Å². The fraction of sp³-hybridized carbons (Fsp3) is 0.333. The molecule has 0 aliphatic heterocycles. The Bertz CT molecular complexity index is 999. The second-order valence-corrected chi connectivity index (χ2v) is 8.53. The Balaban J connectivity index is 2.06. The number of hydrogen-bond donors (Lipinski definition) is 2. The molecule has 2 aromatic rings. The predicted octanol–water partition coefficient (Wildman–Crippen LogP) is 2.70. The Kier molecular flexibility index (Phi) is 7.53. The lowest BCUT2D eigenvalue weighted by Gasteiger charge is -2.18. The molecule has 156 valence electrons. The number of amides is 2. The molecule has 0 atom stereocenters. The van der Waals surface area contributed by atoms with Crippen molar-refractivity contribution >= 4 is 27.5 Å². The Labute approximate surface area is 172 Å². The molecule has 0 spiro atoms. The van der Waals surface area contributed by atoms with E-state index in [0.717, 1.165) is 11.1 Å². The maximum Gasteiger partial charge on any atom is 0.251 e. The van der Waals surface area contributed by atoms with Gasteiger partial charge in [0.05, 0.1) is 11.4 Å². The minimum absolute atomic E-state index is 0.0497. The number of sulfonamides is 1. The van der Waals surface area contributed by atoms with Crippen molar-refractivity contribution in [2.45, 2.75) is 32.6 Å². The zero-order valence-electron chi connectivity index (χ0n) is 17.2. The average Bonchev–Trinajstić information content (AvgIpc) is 2.70. The summed E-state index contributed by atoms with van der Waals surface area (Å²) in [5.74, 6) is -0.878. The molecule has 0 bridgehead atoms. The molecule has 2 rings (SSSR count). The van der Waals surface area contributed by atoms with Crippen molar-refractivity contribution in [2.75, 3.05) is 25.0 Å². The van der Waals surface area contributed by atoms with Crippen molar-refractivity contribution in [3.8, 4) is 0 Å². The monoisotopic (exact) mass is 417 g/mol. The van der Waals surface area contributed by atoms with E-state index in [1.807, 2.05) is 26.0 Å². The first-order valence-electron chi connectivity index (χ1n) is 9.45. The zero-order chi connectivity index (χ0) is 21.6. The fourth-order valence-corrected chi connectivity index (χ4v) is 4.36. The second kappa shape index (κ2) is 9.67. The van der Waals surface area contributed by atoms with Gasteiger partial charge in [0.25, 0.3) is 5.91 Å². The molecule has 29 heavy (non-hydrogen) atoms. The summed E-state index contributed by atoms with van der Waals surface area (Å²) >= 11 is 0. The lowest BCUT2D eigenvalue weighted by Crippen LogP contribution is -2.33. The van der Waals surface area contributed by atoms with Gasteiger partial charge >= 0.3 is 0 Å². The van der Waals surface area contributed by atoms with E-state index in [-0.39, 0.29) is 22.9 Å². The molecule has 0 unspecified atom stereocenters. The van der Waals surface area contributed by atoms with Gasteiger partial charge < -0.3 is 10.6 Å². The summed E-state index contributed by atoms with van der Waals surface area (Å²) in [5, 5.41) is 5.30. The van der Waals surface area contributed by atoms with Crippen molar-refractivity contribution in [1.82, 2.24) is 9.62 Å². The highest BCUT2D eigenvalue weighted by molar-refractivity contribution is 7.89. The molecule has 0 saturated carbocycles. The third kappa shape index (κ3) is 5.42. The number of rotatable bonds is 8. The lowest BCUT2D eigenvalue weighted by atomic mass is 10.1. The molecule has 0 fully saturated rings. The molecule has 2 aromatic carbocycles. The van der Waals surface area contributed by atoms with Crippen LogP contribution in [-0.2, 0) is 14.8 Å². The van der Waals surface area contributed by atoms with E-state index in [4.69, 9.17) is 0 Å². The van der Waals surface area contributed by atoms with E-state index in [1.165, 1.54) is 28.6 Å². The maximum atomic E-state index is 12.6. The maximum absolute atomic E-state index is 12.6. The van der Waals surface area contributed by atoms with Gasteiger partial charge in [-0.05, 0) is 49.2 Å². The van der Waals surface area contributed by atoms with Gasteiger partial charge in [-0.25, -0.2) is 8.42 Å². The number of hydrogen-bond acceptors (Lipinski definition) is 4. The quantitative estimate of drug-likeness (QED) is 0.690. The first kappa shape index (κ1) is 22.6. The molecular weight excluding hydrogens is 390 g/mol. The number of anilines is 1. The van der Waals surface area contributed by atoms with Crippen molar-refractivity contribution < 1.29 is 18.0 Å². The van der Waals surface area contributed by atoms with Crippen LogP contribution in [0.15, 0.2) is 47.4 Å². The largest absolute Gasteiger partial charge is 0.343 e. The van der Waals surface area contributed by atoms with Crippen LogP contribution in [0, 0.1) is 13.8 Å². The van der Waals surface area contributed by atoms with Crippen LogP contribution in [-0.4, -0.2) is 44.2 Å². The van der Waals surface area contributed by atoms with Crippen LogP contribution in [0.3, 0.4) is 0 Å². The van der Waals surface area contributed by atoms with Crippen LogP contribution in [0.4, 0.5) is 5.69 Å². The highest BCUT2D eigenvalue weighted by atomic mass is 32.2. The molecule has 0 heterocycles. The van der Waals surface area contributed by atoms with Gasteiger partial charge in [-0.1, -0.05) is 32.0 Å². The van der Waals surface area contributed by atoms with Crippen molar-refractivity contribution in [3.05, 3.63) is 59.2 Å². The smallest absolute Gasteiger partial charge is 0.251 e. The van der Waals surface area contributed by atoms with Crippen molar-refractivity contribution in [1.29, 1.82) is 0 Å². The average molecular weight is 418 g/mol. The number of benzene rings is 2. The molecule has 0 saturated heterocycles. The zero-order valence-corrected chi connectivity index (χ0v) is 18.0. The van der Waals surface area contributed by atoms with Gasteiger partial charge in [-0.2, -0.15) is 4.31 Å². The molecule has 8 heteroatoms. The normalized spacial score (nSPS) is 11.3. The minimum Gasteiger partial charge on any atom is -0.343 e. The summed E-state index contributed by atoms with van der Waals surface area (Å²) < 4.78 is 26.6. The van der Waals surface area contributed by atoms with Gasteiger partial charge in [-0.3, -0.25) is 9.59 Å². The first-order valence-corrected chi connectivity index (χ1v) is 10.9. The molecule has 0 radical (unpaired) electrons. The van der Waals surface area contributed by atoms with Crippen LogP contribution in [0.2, 0.25) is 0 Å². The summed E-state index contributed by atoms with van der Waals surface area (Å²) in [7, 11) is -3.66. The van der Waals surface area contributed by atoms with Crippen LogP contribution in [0.25, 0.3) is 0 Å². The van der Waals surface area contributed by atoms with E-state index in [1.54, 1.807) is 19.9 Å². The van der Waals surface area contributed by atoms with Gasteiger partial charge in [0.15, 0.2) is 0 Å². The van der Waals surface area contributed by atoms with E-state index < -0.39 is 15.9 Å². The number of carbonyl (C=O) groups is 2. The molecule has 2 N–H and O–H groups in total. The molecule has 2 amide bonds. The van der Waals surface area contributed by atoms with E-state index in [2.05, 4.69) is 10.6 Å². The third-order valence-corrected chi connectivity index (χ3v) is 6.77. The standard InChI is InChI=1S/C21H27N3O4S/c1-5-24(6-2)29(27,28)18-11-8-10-17(13-18)21(26)22-14-20(25)23-19-12-7-9-15(3)16(19)4/h7-13H,5-6,14H2,1-4H3,(H,22,26)(H,23,25). The Morgan fingerprint density at radius 2 is 1.66 bits per heavy atom. The van der Waals surface area contributed by atoms with Crippen LogP contribution in [0.5, 0.6) is 0 Å². The van der Waals surface area contributed by atoms with Crippen molar-refractivity contribution in [2.24, 2.45) is 0 Å². The summed E-state index contributed by atoms with van der Waals surface area (Å²) in [6.45, 7) is 7.83. The van der Waals surface area contributed by atoms with Gasteiger partial charge in [0.1, 0.15) is 0 Å². The second-order valence-electron chi connectivity index (χ2n) is 6.60. The SMILES string of the molecule is CCN(CC)S(=O)(=O)c1cccc(C(=O)NCC(=O)Nc2cccc(C)c2C)c1. The highest BCUT2D eigenvalue weighted by Crippen LogP contribution is 2.18. The molecule has 0 aliphatic rings. The van der Waals surface area contributed by atoms with Crippen molar-refractivity contribution in [3.63, 3.8) is 0 Å². The van der Waals surface area contributed by atoms with Crippen LogP contribution >= 0.6 is 0 Å². The summed E-state index contributed by atoms with van der Waals surface area (Å²) in [4.78, 5) is 24.6. The van der Waals surface area contributed by atoms with Crippen LogP contribution < -0.4 is 10.6 Å². The Morgan fingerprint density at radius 1 is 1.00 bits per heavy atom. The van der Waals surface area contributed by atoms with Crippen LogP contribution in [0.1, 0.15) is 35.3 Å². The third-order valence-electron chi connectivity index (χ3n) is 4.73. The lowest BCUT2D eigenvalue weighted by molar-refractivity contribution is -0.115. The Morgan fingerprint density at radius 3 is 2.31 bits per heavy atom. The minimum atomic E-state index is -3.66. The Hall–Kier alpha value is -2.71.